The lowest BCUT2D eigenvalue weighted by Crippen LogP contribution is -2.55. The molecule has 0 spiro atoms. The molecule has 8 atom stereocenters. The Bertz CT molecular complexity index is 1450. The summed E-state index contributed by atoms with van der Waals surface area (Å²) in [5, 5.41) is 0. The highest BCUT2D eigenvalue weighted by atomic mass is 32.2. The van der Waals surface area contributed by atoms with Crippen LogP contribution in [0.5, 0.6) is 0 Å². The second kappa shape index (κ2) is 10.6. The van der Waals surface area contributed by atoms with Gasteiger partial charge in [0.2, 0.25) is 0 Å². The Morgan fingerprint density at radius 3 is 2.24 bits per heavy atom. The van der Waals surface area contributed by atoms with Gasteiger partial charge in [-0.15, -0.1) is 0 Å². The molecule has 5 heteroatoms. The van der Waals surface area contributed by atoms with E-state index in [-0.39, 0.29) is 40.0 Å². The lowest BCUT2D eigenvalue weighted by molar-refractivity contribution is -0.0818. The quantitative estimate of drug-likeness (QED) is 0.251. The summed E-state index contributed by atoms with van der Waals surface area (Å²) in [4.78, 5) is 13.5. The van der Waals surface area contributed by atoms with Gasteiger partial charge >= 0.3 is 5.97 Å². The number of fused-ring (bicyclic) bond motifs is 5. The zero-order valence-electron chi connectivity index (χ0n) is 26.0. The number of carbonyl (C=O) groups excluding carboxylic acids is 1. The first-order valence-electron chi connectivity index (χ1n) is 16.1. The highest BCUT2D eigenvalue weighted by Crippen LogP contribution is 2.69. The number of carbonyl (C=O) groups is 1. The Balaban J connectivity index is 1.20. The lowest BCUT2D eigenvalue weighted by atomic mass is 9.44. The summed E-state index contributed by atoms with van der Waals surface area (Å²) < 4.78 is 32.8. The molecule has 2 aromatic rings. The van der Waals surface area contributed by atoms with Crippen molar-refractivity contribution >= 4 is 15.8 Å². The summed E-state index contributed by atoms with van der Waals surface area (Å²) in [6, 6.07) is 18.3. The SMILES string of the molecule is C[C@H](CS(=O)(=O)c1ccccc1)[C@H]1CC[C@H]2[C@@H]3CC=C4C(C)(C)[C@@H](OC(=O)c5ccccc5)CC[C@]4(C)[C@H]3CC[C@]12C. The Morgan fingerprint density at radius 1 is 0.881 bits per heavy atom. The van der Waals surface area contributed by atoms with Crippen molar-refractivity contribution in [2.75, 3.05) is 5.75 Å². The maximum atomic E-state index is 13.3. The zero-order valence-corrected chi connectivity index (χ0v) is 26.8. The predicted molar refractivity (Wildman–Crippen MR) is 168 cm³/mol. The Labute approximate surface area is 253 Å². The molecule has 0 N–H and O–H groups in total. The first-order chi connectivity index (χ1) is 19.9. The molecular weight excluding hydrogens is 540 g/mol. The molecule has 4 aliphatic rings. The van der Waals surface area contributed by atoms with Crippen LogP contribution >= 0.6 is 0 Å². The fourth-order valence-corrected chi connectivity index (χ4v) is 12.2. The van der Waals surface area contributed by atoms with Gasteiger partial charge in [0.1, 0.15) is 6.10 Å². The molecule has 0 heterocycles. The van der Waals surface area contributed by atoms with Gasteiger partial charge in [0.25, 0.3) is 0 Å². The number of benzene rings is 2. The third kappa shape index (κ3) is 4.78. The minimum atomic E-state index is -3.30. The molecular formula is C37H48O4S. The monoisotopic (exact) mass is 588 g/mol. The molecule has 3 saturated carbocycles. The highest BCUT2D eigenvalue weighted by Gasteiger charge is 2.61. The number of hydrogen-bond donors (Lipinski definition) is 0. The summed E-state index contributed by atoms with van der Waals surface area (Å²) in [7, 11) is -3.30. The average molecular weight is 589 g/mol. The van der Waals surface area contributed by atoms with E-state index in [1.807, 2.05) is 48.5 Å². The Hall–Kier alpha value is -2.40. The van der Waals surface area contributed by atoms with Crippen LogP contribution in [0.3, 0.4) is 0 Å². The number of sulfone groups is 1. The van der Waals surface area contributed by atoms with Crippen molar-refractivity contribution < 1.29 is 17.9 Å². The minimum absolute atomic E-state index is 0.115. The lowest BCUT2D eigenvalue weighted by Gasteiger charge is -2.61. The van der Waals surface area contributed by atoms with E-state index in [2.05, 4.69) is 40.7 Å². The summed E-state index contributed by atoms with van der Waals surface area (Å²) in [5.41, 5.74) is 2.21. The van der Waals surface area contributed by atoms with Crippen LogP contribution in [0.2, 0.25) is 0 Å². The minimum Gasteiger partial charge on any atom is -0.458 e. The van der Waals surface area contributed by atoms with Crippen molar-refractivity contribution in [3.63, 3.8) is 0 Å². The highest BCUT2D eigenvalue weighted by molar-refractivity contribution is 7.91. The summed E-state index contributed by atoms with van der Waals surface area (Å²) >= 11 is 0. The maximum Gasteiger partial charge on any atom is 0.338 e. The standard InChI is InChI=1S/C37H48O4S/c1-25(24-42(39,40)27-14-10-7-11-15-27)29-17-18-30-28-16-19-32-35(2,3)33(41-34(38)26-12-8-6-9-13-26)21-23-37(32,5)31(28)20-22-36(29,30)4/h6-15,19,25,28-31,33H,16-18,20-24H2,1-5H3/t25-,28+,29-,30+,31+,33+,36-,37-/m1/s1. The van der Waals surface area contributed by atoms with Gasteiger partial charge in [0.15, 0.2) is 9.84 Å². The molecule has 226 valence electrons. The van der Waals surface area contributed by atoms with Crippen molar-refractivity contribution in [3.05, 3.63) is 77.9 Å². The Kier molecular flexibility index (Phi) is 7.52. The van der Waals surface area contributed by atoms with Gasteiger partial charge in [-0.1, -0.05) is 82.7 Å². The molecule has 2 aromatic carbocycles. The van der Waals surface area contributed by atoms with E-state index in [0.717, 1.165) is 25.7 Å². The molecule has 0 bridgehead atoms. The third-order valence-electron chi connectivity index (χ3n) is 12.5. The van der Waals surface area contributed by atoms with E-state index in [4.69, 9.17) is 4.74 Å². The number of esters is 1. The van der Waals surface area contributed by atoms with E-state index in [1.54, 1.807) is 12.1 Å². The van der Waals surface area contributed by atoms with Gasteiger partial charge in [0, 0.05) is 5.41 Å². The van der Waals surface area contributed by atoms with Gasteiger partial charge in [-0.25, -0.2) is 13.2 Å². The smallest absolute Gasteiger partial charge is 0.338 e. The fourth-order valence-electron chi connectivity index (χ4n) is 10.5. The zero-order chi connectivity index (χ0) is 29.9. The van der Waals surface area contributed by atoms with Crippen molar-refractivity contribution in [1.82, 2.24) is 0 Å². The van der Waals surface area contributed by atoms with Gasteiger partial charge in [0.05, 0.1) is 16.2 Å². The van der Waals surface area contributed by atoms with Gasteiger partial charge < -0.3 is 4.74 Å². The molecule has 0 unspecified atom stereocenters. The molecule has 4 nitrogen and oxygen atoms in total. The van der Waals surface area contributed by atoms with Crippen LogP contribution in [0.4, 0.5) is 0 Å². The largest absolute Gasteiger partial charge is 0.458 e. The average Bonchev–Trinajstić information content (AvgIpc) is 3.33. The van der Waals surface area contributed by atoms with E-state index < -0.39 is 9.84 Å². The van der Waals surface area contributed by atoms with Crippen LogP contribution in [-0.2, 0) is 14.6 Å². The topological polar surface area (TPSA) is 60.4 Å². The van der Waals surface area contributed by atoms with Crippen LogP contribution < -0.4 is 0 Å². The molecule has 4 aliphatic carbocycles. The number of rotatable bonds is 6. The predicted octanol–water partition coefficient (Wildman–Crippen LogP) is 8.54. The third-order valence-corrected chi connectivity index (χ3v) is 14.4. The number of ether oxygens (including phenoxy) is 1. The Morgan fingerprint density at radius 2 is 1.55 bits per heavy atom. The van der Waals surface area contributed by atoms with Gasteiger partial charge in [-0.2, -0.15) is 0 Å². The van der Waals surface area contributed by atoms with Crippen LogP contribution in [0.1, 0.15) is 89.9 Å². The summed E-state index contributed by atoms with van der Waals surface area (Å²) in [6.07, 6.45) is 10.1. The van der Waals surface area contributed by atoms with Gasteiger partial charge in [-0.05, 0) is 110 Å². The van der Waals surface area contributed by atoms with Crippen molar-refractivity contribution in [2.45, 2.75) is 90.6 Å². The normalized spacial score (nSPS) is 36.1. The molecule has 0 aliphatic heterocycles. The first kappa shape index (κ1) is 29.7. The van der Waals surface area contributed by atoms with E-state index in [1.165, 1.54) is 24.8 Å². The van der Waals surface area contributed by atoms with Crippen molar-refractivity contribution in [2.24, 2.45) is 45.8 Å². The summed E-state index contributed by atoms with van der Waals surface area (Å²) in [6.45, 7) is 11.7. The molecule has 0 aromatic heterocycles. The number of hydrogen-bond acceptors (Lipinski definition) is 4. The summed E-state index contributed by atoms with van der Waals surface area (Å²) in [5.74, 6) is 2.49. The van der Waals surface area contributed by atoms with Crippen LogP contribution in [-0.4, -0.2) is 26.2 Å². The molecule has 3 fully saturated rings. The van der Waals surface area contributed by atoms with Crippen LogP contribution in [0.15, 0.2) is 77.2 Å². The van der Waals surface area contributed by atoms with Gasteiger partial charge in [-0.3, -0.25) is 0 Å². The van der Waals surface area contributed by atoms with Crippen molar-refractivity contribution in [1.29, 1.82) is 0 Å². The molecule has 0 radical (unpaired) electrons. The van der Waals surface area contributed by atoms with E-state index in [0.29, 0.717) is 34.1 Å². The van der Waals surface area contributed by atoms with Crippen molar-refractivity contribution in [3.8, 4) is 0 Å². The second-order valence-corrected chi connectivity index (χ2v) is 17.0. The van der Waals surface area contributed by atoms with Crippen LogP contribution in [0.25, 0.3) is 0 Å². The fraction of sp³-hybridized carbons (Fsp3) is 0.595. The maximum absolute atomic E-state index is 13.3. The first-order valence-corrected chi connectivity index (χ1v) is 17.8. The van der Waals surface area contributed by atoms with Crippen LogP contribution in [0, 0.1) is 45.8 Å². The van der Waals surface area contributed by atoms with E-state index >= 15 is 0 Å². The second-order valence-electron chi connectivity index (χ2n) is 15.0. The van der Waals surface area contributed by atoms with E-state index in [9.17, 15) is 13.2 Å². The molecule has 0 saturated heterocycles. The number of allylic oxidation sites excluding steroid dienone is 1. The molecule has 6 rings (SSSR count). The molecule has 0 amide bonds. The molecule has 42 heavy (non-hydrogen) atoms.